The molecule has 0 spiro atoms. The molecule has 0 amide bonds. The van der Waals surface area contributed by atoms with Gasteiger partial charge in [0.1, 0.15) is 0 Å². The molecule has 0 aliphatic heterocycles. The highest BCUT2D eigenvalue weighted by Crippen LogP contribution is 2.35. The van der Waals surface area contributed by atoms with Gasteiger partial charge in [0.15, 0.2) is 0 Å². The fourth-order valence-corrected chi connectivity index (χ4v) is 3.38. The van der Waals surface area contributed by atoms with Crippen LogP contribution in [0.3, 0.4) is 0 Å². The Labute approximate surface area is 122 Å². The van der Waals surface area contributed by atoms with Gasteiger partial charge in [0, 0.05) is 6.04 Å². The van der Waals surface area contributed by atoms with Crippen molar-refractivity contribution in [3.63, 3.8) is 0 Å². The van der Waals surface area contributed by atoms with Crippen molar-refractivity contribution in [2.24, 2.45) is 0 Å². The lowest BCUT2D eigenvalue weighted by molar-refractivity contribution is 0.549. The van der Waals surface area contributed by atoms with Gasteiger partial charge in [-0.1, -0.05) is 48.9 Å². The Balaban J connectivity index is 1.97. The normalized spacial score (nSPS) is 17.2. The summed E-state index contributed by atoms with van der Waals surface area (Å²) in [5.74, 6) is 0. The molecule has 2 aromatic rings. The van der Waals surface area contributed by atoms with E-state index in [9.17, 15) is 0 Å². The monoisotopic (exact) mass is 265 g/mol. The number of nitrogens with one attached hydrogen (secondary N) is 1. The summed E-state index contributed by atoms with van der Waals surface area (Å²) < 4.78 is 0. The summed E-state index contributed by atoms with van der Waals surface area (Å²) in [5.41, 5.74) is 8.45. The highest BCUT2D eigenvalue weighted by Gasteiger charge is 2.21. The number of rotatable bonds is 3. The molecule has 2 aromatic carbocycles. The van der Waals surface area contributed by atoms with Gasteiger partial charge >= 0.3 is 0 Å². The van der Waals surface area contributed by atoms with Crippen LogP contribution in [-0.4, -0.2) is 6.54 Å². The van der Waals surface area contributed by atoms with Crippen LogP contribution in [-0.2, 0) is 6.42 Å². The van der Waals surface area contributed by atoms with E-state index >= 15 is 0 Å². The molecule has 1 nitrogen and oxygen atoms in total. The number of fused-ring (bicyclic) bond motifs is 1. The van der Waals surface area contributed by atoms with Gasteiger partial charge in [-0.15, -0.1) is 0 Å². The van der Waals surface area contributed by atoms with E-state index in [4.69, 9.17) is 0 Å². The Kier molecular flexibility index (Phi) is 3.62. The summed E-state index contributed by atoms with van der Waals surface area (Å²) >= 11 is 0. The molecule has 1 N–H and O–H groups in total. The first kappa shape index (κ1) is 13.4. The van der Waals surface area contributed by atoms with E-state index < -0.39 is 0 Å². The maximum absolute atomic E-state index is 3.58. The van der Waals surface area contributed by atoms with Crippen molar-refractivity contribution in [3.8, 4) is 11.1 Å². The van der Waals surface area contributed by atoms with E-state index in [0.717, 1.165) is 6.54 Å². The third-order valence-electron chi connectivity index (χ3n) is 4.36. The van der Waals surface area contributed by atoms with Crippen LogP contribution in [0.5, 0.6) is 0 Å². The highest BCUT2D eigenvalue weighted by atomic mass is 14.9. The van der Waals surface area contributed by atoms with Crippen molar-refractivity contribution in [2.45, 2.75) is 39.7 Å². The van der Waals surface area contributed by atoms with E-state index in [1.165, 1.54) is 46.2 Å². The Bertz CT molecular complexity index is 628. The molecule has 1 heteroatoms. The second-order valence-corrected chi connectivity index (χ2v) is 5.88. The minimum atomic E-state index is 0.558. The fourth-order valence-electron chi connectivity index (χ4n) is 3.38. The van der Waals surface area contributed by atoms with E-state index in [2.05, 4.69) is 62.5 Å². The molecular weight excluding hydrogens is 242 g/mol. The van der Waals surface area contributed by atoms with Crippen molar-refractivity contribution in [1.29, 1.82) is 0 Å². The average Bonchev–Trinajstić information content (AvgIpc) is 2.82. The Morgan fingerprint density at radius 1 is 1.10 bits per heavy atom. The molecule has 0 saturated heterocycles. The quantitative estimate of drug-likeness (QED) is 0.857. The second kappa shape index (κ2) is 5.41. The van der Waals surface area contributed by atoms with E-state index in [-0.39, 0.29) is 0 Å². The highest BCUT2D eigenvalue weighted by molar-refractivity contribution is 5.69. The Morgan fingerprint density at radius 3 is 2.70 bits per heavy atom. The molecular formula is C19H23N. The predicted molar refractivity (Wildman–Crippen MR) is 86.1 cm³/mol. The number of hydrogen-bond donors (Lipinski definition) is 1. The van der Waals surface area contributed by atoms with Gasteiger partial charge in [0.2, 0.25) is 0 Å². The van der Waals surface area contributed by atoms with E-state index in [1.54, 1.807) is 0 Å². The molecule has 1 aliphatic rings. The number of hydrogen-bond acceptors (Lipinski definition) is 1. The molecule has 0 saturated carbocycles. The molecule has 104 valence electrons. The third-order valence-corrected chi connectivity index (χ3v) is 4.36. The van der Waals surface area contributed by atoms with Crippen LogP contribution in [0, 0.1) is 13.8 Å². The van der Waals surface area contributed by atoms with Gasteiger partial charge in [-0.05, 0) is 61.1 Å². The van der Waals surface area contributed by atoms with Gasteiger partial charge < -0.3 is 5.32 Å². The maximum atomic E-state index is 3.58. The summed E-state index contributed by atoms with van der Waals surface area (Å²) in [5, 5.41) is 3.58. The number of benzene rings is 2. The lowest BCUT2D eigenvalue weighted by Crippen LogP contribution is -2.18. The zero-order valence-electron chi connectivity index (χ0n) is 12.7. The van der Waals surface area contributed by atoms with Crippen LogP contribution in [0.25, 0.3) is 11.1 Å². The van der Waals surface area contributed by atoms with Crippen LogP contribution in [0.15, 0.2) is 36.4 Å². The summed E-state index contributed by atoms with van der Waals surface area (Å²) in [4.78, 5) is 0. The molecule has 1 unspecified atom stereocenters. The van der Waals surface area contributed by atoms with Gasteiger partial charge in [-0.3, -0.25) is 0 Å². The summed E-state index contributed by atoms with van der Waals surface area (Å²) in [6.45, 7) is 7.59. The van der Waals surface area contributed by atoms with Gasteiger partial charge in [0.05, 0.1) is 0 Å². The lowest BCUT2D eigenvalue weighted by Gasteiger charge is -2.13. The molecule has 3 rings (SSSR count). The molecule has 1 atom stereocenters. The maximum Gasteiger partial charge on any atom is 0.0326 e. The first-order valence-electron chi connectivity index (χ1n) is 7.63. The topological polar surface area (TPSA) is 12.0 Å². The van der Waals surface area contributed by atoms with Crippen molar-refractivity contribution in [1.82, 2.24) is 5.32 Å². The molecule has 0 radical (unpaired) electrons. The Morgan fingerprint density at radius 2 is 1.95 bits per heavy atom. The zero-order valence-corrected chi connectivity index (χ0v) is 12.7. The summed E-state index contributed by atoms with van der Waals surface area (Å²) in [6.07, 6.45) is 2.44. The standard InChI is InChI=1S/C19H23N/c1-4-20-19-10-7-16-12-15(6-9-18(16)19)17-8-5-13(2)11-14(17)3/h5-6,8-9,11-12,19-20H,4,7,10H2,1-3H3. The van der Waals surface area contributed by atoms with Crippen molar-refractivity contribution < 1.29 is 0 Å². The third kappa shape index (κ3) is 2.38. The molecule has 20 heavy (non-hydrogen) atoms. The second-order valence-electron chi connectivity index (χ2n) is 5.88. The predicted octanol–water partition coefficient (Wildman–Crippen LogP) is 4.57. The SMILES string of the molecule is CCNC1CCc2cc(-c3ccc(C)cc3C)ccc21. The summed E-state index contributed by atoms with van der Waals surface area (Å²) in [6, 6.07) is 14.3. The Hall–Kier alpha value is -1.60. The van der Waals surface area contributed by atoms with Crippen LogP contribution >= 0.6 is 0 Å². The number of aryl methyl sites for hydroxylation is 3. The molecule has 0 fully saturated rings. The first-order chi connectivity index (χ1) is 9.69. The summed E-state index contributed by atoms with van der Waals surface area (Å²) in [7, 11) is 0. The van der Waals surface area contributed by atoms with Gasteiger partial charge in [-0.25, -0.2) is 0 Å². The van der Waals surface area contributed by atoms with Crippen molar-refractivity contribution in [2.75, 3.05) is 6.54 Å². The smallest absolute Gasteiger partial charge is 0.0326 e. The molecule has 0 heterocycles. The van der Waals surface area contributed by atoms with Crippen LogP contribution < -0.4 is 5.32 Å². The fraction of sp³-hybridized carbons (Fsp3) is 0.368. The van der Waals surface area contributed by atoms with Crippen molar-refractivity contribution in [3.05, 3.63) is 58.7 Å². The van der Waals surface area contributed by atoms with Crippen LogP contribution in [0.2, 0.25) is 0 Å². The van der Waals surface area contributed by atoms with Gasteiger partial charge in [0.25, 0.3) is 0 Å². The van der Waals surface area contributed by atoms with Crippen LogP contribution in [0.1, 0.15) is 41.6 Å². The largest absolute Gasteiger partial charge is 0.310 e. The molecule has 0 bridgehead atoms. The lowest BCUT2D eigenvalue weighted by atomic mass is 9.95. The van der Waals surface area contributed by atoms with Gasteiger partial charge in [-0.2, -0.15) is 0 Å². The average molecular weight is 265 g/mol. The van der Waals surface area contributed by atoms with Crippen LogP contribution in [0.4, 0.5) is 0 Å². The minimum Gasteiger partial charge on any atom is -0.310 e. The zero-order chi connectivity index (χ0) is 14.1. The van der Waals surface area contributed by atoms with Crippen molar-refractivity contribution >= 4 is 0 Å². The first-order valence-corrected chi connectivity index (χ1v) is 7.63. The van der Waals surface area contributed by atoms with E-state index in [1.807, 2.05) is 0 Å². The molecule has 0 aromatic heterocycles. The van der Waals surface area contributed by atoms with E-state index in [0.29, 0.717) is 6.04 Å². The molecule has 1 aliphatic carbocycles. The minimum absolute atomic E-state index is 0.558.